The molecule has 7 heteroatoms. The Kier molecular flexibility index (Phi) is 3.92. The van der Waals surface area contributed by atoms with Crippen LogP contribution in [0.5, 0.6) is 5.75 Å². The van der Waals surface area contributed by atoms with E-state index in [2.05, 4.69) is 25.7 Å². The van der Waals surface area contributed by atoms with Gasteiger partial charge in [0.15, 0.2) is 0 Å². The monoisotopic (exact) mass is 284 g/mol. The number of aromatic nitrogens is 1. The first-order chi connectivity index (χ1) is 6.93. The zero-order valence-electron chi connectivity index (χ0n) is 7.46. The van der Waals surface area contributed by atoms with E-state index in [4.69, 9.17) is 5.73 Å². The van der Waals surface area contributed by atoms with Crippen LogP contribution < -0.4 is 10.5 Å². The average Bonchev–Trinajstić information content (AvgIpc) is 2.12. The molecule has 1 aromatic rings. The van der Waals surface area contributed by atoms with Crippen molar-refractivity contribution < 1.29 is 17.9 Å². The van der Waals surface area contributed by atoms with E-state index in [0.29, 0.717) is 4.47 Å². The topological polar surface area (TPSA) is 48.1 Å². The molecular formula is C8H8BrF3N2O. The third-order valence-electron chi connectivity index (χ3n) is 1.54. The first kappa shape index (κ1) is 12.3. The maximum absolute atomic E-state index is 12.3. The molecule has 1 rings (SSSR count). The molecule has 0 fully saturated rings. The molecule has 0 bridgehead atoms. The summed E-state index contributed by atoms with van der Waals surface area (Å²) >= 11 is 3.07. The van der Waals surface area contributed by atoms with Gasteiger partial charge in [-0.1, -0.05) is 0 Å². The molecule has 0 aliphatic heterocycles. The Balaban J connectivity index is 2.76. The molecule has 84 valence electrons. The van der Waals surface area contributed by atoms with Crippen molar-refractivity contribution in [3.8, 4) is 5.75 Å². The zero-order chi connectivity index (χ0) is 11.5. The Morgan fingerprint density at radius 1 is 1.47 bits per heavy atom. The van der Waals surface area contributed by atoms with Crippen molar-refractivity contribution in [3.63, 3.8) is 0 Å². The lowest BCUT2D eigenvalue weighted by atomic mass is 10.3. The van der Waals surface area contributed by atoms with Gasteiger partial charge in [-0.05, 0) is 22.0 Å². The standard InChI is InChI=1S/C8H8BrF3N2O/c9-5-1-6(4-14-3-5)15-7(2-13)8(10,11)12/h1,3-4,7H,2,13H2. The molecule has 0 saturated heterocycles. The molecule has 0 aromatic carbocycles. The summed E-state index contributed by atoms with van der Waals surface area (Å²) < 4.78 is 42.0. The maximum atomic E-state index is 12.3. The molecule has 0 saturated carbocycles. The van der Waals surface area contributed by atoms with E-state index in [0.717, 1.165) is 0 Å². The SMILES string of the molecule is NCC(Oc1cncc(Br)c1)C(F)(F)F. The van der Waals surface area contributed by atoms with Crippen LogP contribution in [0, 0.1) is 0 Å². The van der Waals surface area contributed by atoms with Crippen molar-refractivity contribution in [2.45, 2.75) is 12.3 Å². The van der Waals surface area contributed by atoms with Crippen molar-refractivity contribution in [1.82, 2.24) is 4.98 Å². The van der Waals surface area contributed by atoms with Crippen molar-refractivity contribution in [1.29, 1.82) is 0 Å². The molecule has 1 unspecified atom stereocenters. The van der Waals surface area contributed by atoms with Gasteiger partial charge in [-0.3, -0.25) is 4.98 Å². The third-order valence-corrected chi connectivity index (χ3v) is 1.97. The van der Waals surface area contributed by atoms with Gasteiger partial charge in [0.1, 0.15) is 5.75 Å². The number of pyridine rings is 1. The normalized spacial score (nSPS) is 13.7. The van der Waals surface area contributed by atoms with E-state index < -0.39 is 18.8 Å². The van der Waals surface area contributed by atoms with Crippen LogP contribution in [0.1, 0.15) is 0 Å². The minimum atomic E-state index is -4.48. The Labute approximate surface area is 92.6 Å². The number of alkyl halides is 3. The zero-order valence-corrected chi connectivity index (χ0v) is 9.05. The Morgan fingerprint density at radius 2 is 2.13 bits per heavy atom. The summed E-state index contributed by atoms with van der Waals surface area (Å²) in [4.78, 5) is 3.67. The number of rotatable bonds is 3. The maximum Gasteiger partial charge on any atom is 0.426 e. The molecule has 0 aliphatic carbocycles. The van der Waals surface area contributed by atoms with Crippen LogP contribution in [0.2, 0.25) is 0 Å². The van der Waals surface area contributed by atoms with Gasteiger partial charge in [0.25, 0.3) is 0 Å². The largest absolute Gasteiger partial charge is 0.478 e. The lowest BCUT2D eigenvalue weighted by Gasteiger charge is -2.19. The minimum Gasteiger partial charge on any atom is -0.478 e. The van der Waals surface area contributed by atoms with Crippen molar-refractivity contribution in [2.24, 2.45) is 5.73 Å². The second kappa shape index (κ2) is 4.80. The predicted octanol–water partition coefficient (Wildman–Crippen LogP) is 2.11. The molecule has 15 heavy (non-hydrogen) atoms. The van der Waals surface area contributed by atoms with Crippen LogP contribution in [-0.2, 0) is 0 Å². The van der Waals surface area contributed by atoms with E-state index in [1.54, 1.807) is 0 Å². The molecule has 3 nitrogen and oxygen atoms in total. The second-order valence-corrected chi connectivity index (χ2v) is 3.64. The lowest BCUT2D eigenvalue weighted by Crippen LogP contribution is -2.40. The van der Waals surface area contributed by atoms with E-state index in [1.165, 1.54) is 18.5 Å². The molecule has 0 amide bonds. The van der Waals surface area contributed by atoms with E-state index in [9.17, 15) is 13.2 Å². The van der Waals surface area contributed by atoms with Gasteiger partial charge in [-0.25, -0.2) is 0 Å². The molecule has 1 heterocycles. The molecule has 0 radical (unpaired) electrons. The van der Waals surface area contributed by atoms with Crippen LogP contribution in [0.3, 0.4) is 0 Å². The van der Waals surface area contributed by atoms with Crippen molar-refractivity contribution in [2.75, 3.05) is 6.54 Å². The van der Waals surface area contributed by atoms with Gasteiger partial charge in [0.2, 0.25) is 6.10 Å². The smallest absolute Gasteiger partial charge is 0.426 e. The van der Waals surface area contributed by atoms with Crippen LogP contribution in [0.25, 0.3) is 0 Å². The number of hydrogen-bond donors (Lipinski definition) is 1. The van der Waals surface area contributed by atoms with E-state index >= 15 is 0 Å². The molecule has 1 aromatic heterocycles. The Morgan fingerprint density at radius 3 is 2.60 bits per heavy atom. The quantitative estimate of drug-likeness (QED) is 0.925. The summed E-state index contributed by atoms with van der Waals surface area (Å²) in [5, 5.41) is 0. The first-order valence-corrected chi connectivity index (χ1v) is 4.77. The third kappa shape index (κ3) is 3.67. The summed E-state index contributed by atoms with van der Waals surface area (Å²) in [6, 6.07) is 1.39. The van der Waals surface area contributed by atoms with Gasteiger partial charge < -0.3 is 10.5 Å². The van der Waals surface area contributed by atoms with Crippen molar-refractivity contribution >= 4 is 15.9 Å². The highest BCUT2D eigenvalue weighted by Crippen LogP contribution is 2.25. The van der Waals surface area contributed by atoms with Gasteiger partial charge in [-0.15, -0.1) is 0 Å². The van der Waals surface area contributed by atoms with Crippen molar-refractivity contribution in [3.05, 3.63) is 22.9 Å². The summed E-state index contributed by atoms with van der Waals surface area (Å²) in [7, 11) is 0. The fourth-order valence-electron chi connectivity index (χ4n) is 0.870. The number of nitrogens with zero attached hydrogens (tertiary/aromatic N) is 1. The highest BCUT2D eigenvalue weighted by atomic mass is 79.9. The number of hydrogen-bond acceptors (Lipinski definition) is 3. The highest BCUT2D eigenvalue weighted by Gasteiger charge is 2.40. The molecule has 1 atom stereocenters. The van der Waals surface area contributed by atoms with E-state index in [-0.39, 0.29) is 5.75 Å². The molecule has 0 aliphatic rings. The van der Waals surface area contributed by atoms with Crippen LogP contribution in [-0.4, -0.2) is 23.8 Å². The first-order valence-electron chi connectivity index (χ1n) is 3.97. The summed E-state index contributed by atoms with van der Waals surface area (Å²) in [6.45, 7) is -0.629. The van der Waals surface area contributed by atoms with Crippen LogP contribution in [0.4, 0.5) is 13.2 Å². The molecule has 2 N–H and O–H groups in total. The number of ether oxygens (including phenoxy) is 1. The number of nitrogens with two attached hydrogens (primary N) is 1. The van der Waals surface area contributed by atoms with Crippen LogP contribution >= 0.6 is 15.9 Å². The Hall–Kier alpha value is -0.820. The van der Waals surface area contributed by atoms with Gasteiger partial charge in [-0.2, -0.15) is 13.2 Å². The van der Waals surface area contributed by atoms with Gasteiger partial charge in [0, 0.05) is 17.2 Å². The predicted molar refractivity (Wildman–Crippen MR) is 51.5 cm³/mol. The summed E-state index contributed by atoms with van der Waals surface area (Å²) in [5.41, 5.74) is 4.97. The Bertz CT molecular complexity index is 332. The fourth-order valence-corrected chi connectivity index (χ4v) is 1.21. The molecular weight excluding hydrogens is 277 g/mol. The van der Waals surface area contributed by atoms with Gasteiger partial charge in [0.05, 0.1) is 6.20 Å². The number of halogens is 4. The summed E-state index contributed by atoms with van der Waals surface area (Å²) in [5.74, 6) is 0.0251. The van der Waals surface area contributed by atoms with E-state index in [1.807, 2.05) is 0 Å². The summed E-state index contributed by atoms with van der Waals surface area (Å²) in [6.07, 6.45) is -3.85. The second-order valence-electron chi connectivity index (χ2n) is 2.72. The fraction of sp³-hybridized carbons (Fsp3) is 0.375. The highest BCUT2D eigenvalue weighted by molar-refractivity contribution is 9.10. The minimum absolute atomic E-state index is 0.0251. The lowest BCUT2D eigenvalue weighted by molar-refractivity contribution is -0.191. The van der Waals surface area contributed by atoms with Gasteiger partial charge >= 0.3 is 6.18 Å². The average molecular weight is 285 g/mol. The molecule has 0 spiro atoms. The van der Waals surface area contributed by atoms with Crippen LogP contribution in [0.15, 0.2) is 22.9 Å².